The molecule has 0 aromatic carbocycles. The standard InChI is InChI=1S/C8H18N4/c1-6(7-3-4-7)5-11-8(10-2)12-9/h6-7H,3-5,9H2,1-2H3,(H2,10,11,12). The molecule has 1 aliphatic carbocycles. The van der Waals surface area contributed by atoms with Crippen molar-refractivity contribution in [3.05, 3.63) is 0 Å². The van der Waals surface area contributed by atoms with Crippen molar-refractivity contribution in [3.8, 4) is 0 Å². The number of rotatable bonds is 3. The van der Waals surface area contributed by atoms with Crippen molar-refractivity contribution in [2.24, 2.45) is 22.7 Å². The lowest BCUT2D eigenvalue weighted by molar-refractivity contribution is 0.496. The SMILES string of the molecule is CN=C(NN)NCC(C)C1CC1. The lowest BCUT2D eigenvalue weighted by Crippen LogP contribution is -2.43. The lowest BCUT2D eigenvalue weighted by Gasteiger charge is -2.12. The normalized spacial score (nSPS) is 20.4. The summed E-state index contributed by atoms with van der Waals surface area (Å²) in [5.74, 6) is 7.54. The Bertz CT molecular complexity index is 162. The number of hydrogen-bond acceptors (Lipinski definition) is 2. The first-order valence-corrected chi connectivity index (χ1v) is 4.45. The van der Waals surface area contributed by atoms with Gasteiger partial charge in [0.2, 0.25) is 5.96 Å². The van der Waals surface area contributed by atoms with Crippen LogP contribution in [0.5, 0.6) is 0 Å². The largest absolute Gasteiger partial charge is 0.355 e. The van der Waals surface area contributed by atoms with Gasteiger partial charge in [-0.3, -0.25) is 10.4 Å². The minimum absolute atomic E-state index is 0.669. The lowest BCUT2D eigenvalue weighted by atomic mass is 10.1. The van der Waals surface area contributed by atoms with Gasteiger partial charge in [-0.15, -0.1) is 0 Å². The zero-order valence-corrected chi connectivity index (χ0v) is 7.80. The molecule has 0 spiro atoms. The average molecular weight is 170 g/mol. The molecular weight excluding hydrogens is 152 g/mol. The van der Waals surface area contributed by atoms with Gasteiger partial charge in [0.05, 0.1) is 0 Å². The molecule has 1 fully saturated rings. The van der Waals surface area contributed by atoms with E-state index in [1.807, 2.05) is 0 Å². The zero-order chi connectivity index (χ0) is 8.97. The van der Waals surface area contributed by atoms with Gasteiger partial charge in [-0.25, -0.2) is 5.84 Å². The highest BCUT2D eigenvalue weighted by Crippen LogP contribution is 2.35. The number of nitrogens with zero attached hydrogens (tertiary/aromatic N) is 1. The summed E-state index contributed by atoms with van der Waals surface area (Å²) in [4.78, 5) is 3.93. The molecule has 1 atom stereocenters. The summed E-state index contributed by atoms with van der Waals surface area (Å²) in [5.41, 5.74) is 2.51. The Hall–Kier alpha value is -0.770. The molecular formula is C8H18N4. The molecule has 4 heteroatoms. The van der Waals surface area contributed by atoms with E-state index >= 15 is 0 Å². The molecule has 0 bridgehead atoms. The molecule has 12 heavy (non-hydrogen) atoms. The van der Waals surface area contributed by atoms with Crippen LogP contribution in [0.3, 0.4) is 0 Å². The Labute approximate surface area is 73.6 Å². The van der Waals surface area contributed by atoms with E-state index in [4.69, 9.17) is 5.84 Å². The molecule has 1 saturated carbocycles. The third-order valence-corrected chi connectivity index (χ3v) is 2.38. The van der Waals surface area contributed by atoms with E-state index < -0.39 is 0 Å². The quantitative estimate of drug-likeness (QED) is 0.243. The molecule has 0 aromatic heterocycles. The maximum Gasteiger partial charge on any atom is 0.205 e. The van der Waals surface area contributed by atoms with Gasteiger partial charge in [0.15, 0.2) is 0 Å². The van der Waals surface area contributed by atoms with Crippen molar-refractivity contribution in [2.75, 3.05) is 13.6 Å². The van der Waals surface area contributed by atoms with Crippen molar-refractivity contribution >= 4 is 5.96 Å². The van der Waals surface area contributed by atoms with Crippen LogP contribution in [-0.2, 0) is 0 Å². The minimum Gasteiger partial charge on any atom is -0.355 e. The van der Waals surface area contributed by atoms with Crippen molar-refractivity contribution in [1.29, 1.82) is 0 Å². The van der Waals surface area contributed by atoms with Crippen LogP contribution in [0.2, 0.25) is 0 Å². The summed E-state index contributed by atoms with van der Waals surface area (Å²) in [6.07, 6.45) is 2.77. The second kappa shape index (κ2) is 4.30. The van der Waals surface area contributed by atoms with E-state index in [1.165, 1.54) is 12.8 Å². The van der Waals surface area contributed by atoms with E-state index in [0.717, 1.165) is 18.4 Å². The molecule has 0 heterocycles. The second-order valence-electron chi connectivity index (χ2n) is 3.41. The summed E-state index contributed by atoms with van der Waals surface area (Å²) >= 11 is 0. The van der Waals surface area contributed by atoms with Crippen LogP contribution >= 0.6 is 0 Å². The highest BCUT2D eigenvalue weighted by molar-refractivity contribution is 5.78. The van der Waals surface area contributed by atoms with Crippen LogP contribution in [0.1, 0.15) is 19.8 Å². The molecule has 4 nitrogen and oxygen atoms in total. The minimum atomic E-state index is 0.669. The fourth-order valence-electron chi connectivity index (χ4n) is 1.28. The van der Waals surface area contributed by atoms with Crippen LogP contribution in [0, 0.1) is 11.8 Å². The predicted molar refractivity (Wildman–Crippen MR) is 50.6 cm³/mol. The number of aliphatic imine (C=N–C) groups is 1. The monoisotopic (exact) mass is 170 g/mol. The van der Waals surface area contributed by atoms with Crippen molar-refractivity contribution in [2.45, 2.75) is 19.8 Å². The number of nitrogens with two attached hydrogens (primary N) is 1. The average Bonchev–Trinajstić information content (AvgIpc) is 2.88. The summed E-state index contributed by atoms with van der Waals surface area (Å²) in [5, 5.41) is 3.15. The molecule has 0 saturated heterocycles. The number of guanidine groups is 1. The predicted octanol–water partition coefficient (Wildman–Crippen LogP) is 0.0712. The fourth-order valence-corrected chi connectivity index (χ4v) is 1.28. The van der Waals surface area contributed by atoms with Crippen LogP contribution in [0.25, 0.3) is 0 Å². The number of hydrogen-bond donors (Lipinski definition) is 3. The Balaban J connectivity index is 2.14. The first kappa shape index (κ1) is 9.32. The van der Waals surface area contributed by atoms with Gasteiger partial charge in [-0.1, -0.05) is 6.92 Å². The van der Waals surface area contributed by atoms with Gasteiger partial charge in [-0.05, 0) is 24.7 Å². The van der Waals surface area contributed by atoms with Crippen molar-refractivity contribution < 1.29 is 0 Å². The first-order chi connectivity index (χ1) is 5.77. The van der Waals surface area contributed by atoms with E-state index in [1.54, 1.807) is 7.05 Å². The maximum atomic E-state index is 5.22. The third-order valence-electron chi connectivity index (χ3n) is 2.38. The van der Waals surface area contributed by atoms with E-state index in [0.29, 0.717) is 5.96 Å². The zero-order valence-electron chi connectivity index (χ0n) is 7.80. The summed E-state index contributed by atoms with van der Waals surface area (Å²) in [7, 11) is 1.71. The fraction of sp³-hybridized carbons (Fsp3) is 0.875. The molecule has 4 N–H and O–H groups in total. The Morgan fingerprint density at radius 2 is 2.33 bits per heavy atom. The van der Waals surface area contributed by atoms with Crippen LogP contribution in [0.4, 0.5) is 0 Å². The van der Waals surface area contributed by atoms with E-state index in [2.05, 4.69) is 22.7 Å². The topological polar surface area (TPSA) is 62.4 Å². The summed E-state index contributed by atoms with van der Waals surface area (Å²) in [6, 6.07) is 0. The summed E-state index contributed by atoms with van der Waals surface area (Å²) in [6.45, 7) is 3.22. The number of nitrogens with one attached hydrogen (secondary N) is 2. The van der Waals surface area contributed by atoms with E-state index in [9.17, 15) is 0 Å². The molecule has 0 radical (unpaired) electrons. The Kier molecular flexibility index (Phi) is 3.34. The molecule has 0 aromatic rings. The van der Waals surface area contributed by atoms with Crippen LogP contribution < -0.4 is 16.6 Å². The van der Waals surface area contributed by atoms with Crippen LogP contribution in [-0.4, -0.2) is 19.6 Å². The Morgan fingerprint density at radius 1 is 1.67 bits per heavy atom. The van der Waals surface area contributed by atoms with Gasteiger partial charge in [0.25, 0.3) is 0 Å². The van der Waals surface area contributed by atoms with Gasteiger partial charge in [0, 0.05) is 13.6 Å². The first-order valence-electron chi connectivity index (χ1n) is 4.45. The van der Waals surface area contributed by atoms with E-state index in [-0.39, 0.29) is 0 Å². The number of hydrazine groups is 1. The van der Waals surface area contributed by atoms with Gasteiger partial charge < -0.3 is 5.32 Å². The van der Waals surface area contributed by atoms with Crippen molar-refractivity contribution in [3.63, 3.8) is 0 Å². The second-order valence-corrected chi connectivity index (χ2v) is 3.41. The van der Waals surface area contributed by atoms with Gasteiger partial charge >= 0.3 is 0 Å². The smallest absolute Gasteiger partial charge is 0.205 e. The molecule has 70 valence electrons. The third kappa shape index (κ3) is 2.70. The molecule has 0 aliphatic heterocycles. The maximum absolute atomic E-state index is 5.22. The Morgan fingerprint density at radius 3 is 2.75 bits per heavy atom. The summed E-state index contributed by atoms with van der Waals surface area (Å²) < 4.78 is 0. The molecule has 1 unspecified atom stereocenters. The highest BCUT2D eigenvalue weighted by Gasteiger charge is 2.27. The van der Waals surface area contributed by atoms with Gasteiger partial charge in [0.1, 0.15) is 0 Å². The van der Waals surface area contributed by atoms with Gasteiger partial charge in [-0.2, -0.15) is 0 Å². The molecule has 1 rings (SSSR count). The van der Waals surface area contributed by atoms with Crippen molar-refractivity contribution in [1.82, 2.24) is 10.7 Å². The highest BCUT2D eigenvalue weighted by atomic mass is 15.3. The molecule has 1 aliphatic rings. The van der Waals surface area contributed by atoms with Crippen LogP contribution in [0.15, 0.2) is 4.99 Å². The molecule has 0 amide bonds.